The van der Waals surface area contributed by atoms with E-state index in [2.05, 4.69) is 36.9 Å². The summed E-state index contributed by atoms with van der Waals surface area (Å²) in [5, 5.41) is 0. The third-order valence-electron chi connectivity index (χ3n) is 1.34. The molecule has 0 spiro atoms. The fourth-order valence-electron chi connectivity index (χ4n) is 0.671. The summed E-state index contributed by atoms with van der Waals surface area (Å²) in [7, 11) is 3.02. The summed E-state index contributed by atoms with van der Waals surface area (Å²) in [6, 6.07) is 0. The van der Waals surface area contributed by atoms with Crippen molar-refractivity contribution in [3.8, 4) is 0 Å². The molecule has 0 aromatic heterocycles. The second-order valence-corrected chi connectivity index (χ2v) is 6.08. The van der Waals surface area contributed by atoms with E-state index in [1.54, 1.807) is 0 Å². The van der Waals surface area contributed by atoms with Crippen LogP contribution in [-0.4, -0.2) is 24.6 Å². The van der Waals surface area contributed by atoms with E-state index < -0.39 is 0 Å². The monoisotopic (exact) mass is 214 g/mol. The van der Waals surface area contributed by atoms with Crippen LogP contribution in [0.25, 0.3) is 0 Å². The largest absolute Gasteiger partial charge is 0.197 e. The van der Waals surface area contributed by atoms with Crippen LogP contribution in [0, 0.1) is 0 Å². The molecule has 1 atom stereocenters. The molecule has 0 saturated heterocycles. The van der Waals surface area contributed by atoms with Crippen LogP contribution in [0.4, 0.5) is 0 Å². The van der Waals surface area contributed by atoms with Gasteiger partial charge in [-0.15, -0.1) is 17.2 Å². The van der Waals surface area contributed by atoms with Gasteiger partial charge in [-0.3, -0.25) is 0 Å². The van der Waals surface area contributed by atoms with Crippen molar-refractivity contribution in [1.29, 1.82) is 0 Å². The highest BCUT2D eigenvalue weighted by atomic mass is 32.1. The summed E-state index contributed by atoms with van der Waals surface area (Å²) >= 11 is 0. The molecular formula is C8H24P2S. The minimum atomic E-state index is 0. The summed E-state index contributed by atoms with van der Waals surface area (Å²) in [5.74, 6) is 0. The van der Waals surface area contributed by atoms with Gasteiger partial charge in [0.1, 0.15) is 0 Å². The van der Waals surface area contributed by atoms with Gasteiger partial charge in [0, 0.05) is 0 Å². The lowest BCUT2D eigenvalue weighted by molar-refractivity contribution is 1.35. The second kappa shape index (κ2) is 17.3. The van der Waals surface area contributed by atoms with Gasteiger partial charge in [-0.25, -0.2) is 0 Å². The minimum Gasteiger partial charge on any atom is -0.197 e. The third kappa shape index (κ3) is 18.3. The smallest absolute Gasteiger partial charge is 0.0355 e. The SMILES string of the molecule is CCP.CCP(CC)CC.S. The number of hydrogen-bond acceptors (Lipinski definition) is 0. The fraction of sp³-hybridized carbons (Fsp3) is 1.00. The van der Waals surface area contributed by atoms with Crippen LogP contribution >= 0.6 is 30.7 Å². The number of hydrogen-bond donors (Lipinski definition) is 0. The van der Waals surface area contributed by atoms with Crippen molar-refractivity contribution >= 4 is 30.7 Å². The van der Waals surface area contributed by atoms with Crippen LogP contribution < -0.4 is 0 Å². The van der Waals surface area contributed by atoms with Crippen molar-refractivity contribution in [2.45, 2.75) is 27.7 Å². The van der Waals surface area contributed by atoms with Crippen molar-refractivity contribution in [2.75, 3.05) is 24.6 Å². The van der Waals surface area contributed by atoms with Crippen LogP contribution in [0.5, 0.6) is 0 Å². The molecular weight excluding hydrogens is 190 g/mol. The first-order chi connectivity index (χ1) is 4.76. The Balaban J connectivity index is -0.000000140. The van der Waals surface area contributed by atoms with Gasteiger partial charge in [-0.2, -0.15) is 13.5 Å². The molecule has 0 heterocycles. The lowest BCUT2D eigenvalue weighted by Gasteiger charge is -2.07. The van der Waals surface area contributed by atoms with E-state index in [1.807, 2.05) is 0 Å². The summed E-state index contributed by atoms with van der Waals surface area (Å²) in [4.78, 5) is 0. The molecule has 0 rings (SSSR count). The quantitative estimate of drug-likeness (QED) is 0.630. The van der Waals surface area contributed by atoms with Gasteiger partial charge in [0.25, 0.3) is 0 Å². The van der Waals surface area contributed by atoms with E-state index in [9.17, 15) is 0 Å². The predicted molar refractivity (Wildman–Crippen MR) is 69.2 cm³/mol. The molecule has 0 aromatic carbocycles. The Hall–Kier alpha value is 1.21. The fourth-order valence-corrected chi connectivity index (χ4v) is 2.01. The Bertz CT molecular complexity index is 41.8. The zero-order chi connectivity index (χ0) is 8.41. The number of rotatable bonds is 3. The van der Waals surface area contributed by atoms with Crippen LogP contribution in [0.15, 0.2) is 0 Å². The van der Waals surface area contributed by atoms with E-state index in [0.717, 1.165) is 0 Å². The summed E-state index contributed by atoms with van der Waals surface area (Å²) in [6.07, 6.45) is 5.42. The Morgan fingerprint density at radius 2 is 1.09 bits per heavy atom. The zero-order valence-electron chi connectivity index (χ0n) is 8.35. The summed E-state index contributed by atoms with van der Waals surface area (Å²) in [5.41, 5.74) is 0. The summed E-state index contributed by atoms with van der Waals surface area (Å²) < 4.78 is 0. The molecule has 3 heteroatoms. The lowest BCUT2D eigenvalue weighted by Crippen LogP contribution is -1.83. The van der Waals surface area contributed by atoms with E-state index in [1.165, 1.54) is 24.6 Å². The average molecular weight is 214 g/mol. The first-order valence-electron chi connectivity index (χ1n) is 4.19. The van der Waals surface area contributed by atoms with Crippen LogP contribution in [0.3, 0.4) is 0 Å². The third-order valence-corrected chi connectivity index (χ3v) is 4.02. The Labute approximate surface area is 83.3 Å². The van der Waals surface area contributed by atoms with Crippen LogP contribution in [-0.2, 0) is 0 Å². The van der Waals surface area contributed by atoms with Gasteiger partial charge < -0.3 is 0 Å². The van der Waals surface area contributed by atoms with Crippen LogP contribution in [0.2, 0.25) is 0 Å². The van der Waals surface area contributed by atoms with Crippen molar-refractivity contribution in [3.63, 3.8) is 0 Å². The standard InChI is InChI=1S/C6H15P.C2H7P.H2S/c1-4-7(5-2)6-3;1-2-3;/h4-6H2,1-3H3;2-3H2,1H3;1H2. The molecule has 0 saturated carbocycles. The molecule has 72 valence electrons. The van der Waals surface area contributed by atoms with Gasteiger partial charge in [0.05, 0.1) is 0 Å². The van der Waals surface area contributed by atoms with Gasteiger partial charge in [-0.1, -0.05) is 27.7 Å². The van der Waals surface area contributed by atoms with E-state index in [4.69, 9.17) is 0 Å². The van der Waals surface area contributed by atoms with E-state index >= 15 is 0 Å². The van der Waals surface area contributed by atoms with Crippen molar-refractivity contribution < 1.29 is 0 Å². The Kier molecular flexibility index (Phi) is 28.5. The van der Waals surface area contributed by atoms with E-state index in [-0.39, 0.29) is 13.5 Å². The van der Waals surface area contributed by atoms with E-state index in [0.29, 0.717) is 7.92 Å². The normalized spacial score (nSPS) is 8.18. The van der Waals surface area contributed by atoms with Crippen molar-refractivity contribution in [3.05, 3.63) is 0 Å². The molecule has 11 heavy (non-hydrogen) atoms. The molecule has 0 aromatic rings. The molecule has 0 N–H and O–H groups in total. The Morgan fingerprint density at radius 1 is 0.909 bits per heavy atom. The van der Waals surface area contributed by atoms with Crippen LogP contribution in [0.1, 0.15) is 27.7 Å². The van der Waals surface area contributed by atoms with Gasteiger partial charge in [0.15, 0.2) is 0 Å². The average Bonchev–Trinajstić information content (AvgIpc) is 1.93. The zero-order valence-corrected chi connectivity index (χ0v) is 11.4. The molecule has 0 amide bonds. The molecule has 1 unspecified atom stereocenters. The second-order valence-electron chi connectivity index (χ2n) is 2.03. The predicted octanol–water partition coefficient (Wildman–Crippen LogP) is 3.52. The summed E-state index contributed by atoms with van der Waals surface area (Å²) in [6.45, 7) is 8.96. The van der Waals surface area contributed by atoms with Gasteiger partial charge in [-0.05, 0) is 24.6 Å². The maximum Gasteiger partial charge on any atom is -0.0355 e. The first kappa shape index (κ1) is 18.1. The Morgan fingerprint density at radius 3 is 1.09 bits per heavy atom. The lowest BCUT2D eigenvalue weighted by atomic mass is 10.9. The topological polar surface area (TPSA) is 0 Å². The van der Waals surface area contributed by atoms with Crippen molar-refractivity contribution in [2.24, 2.45) is 0 Å². The maximum absolute atomic E-state index is 2.58. The molecule has 0 aliphatic carbocycles. The molecule has 0 bridgehead atoms. The minimum absolute atomic E-state index is 0. The molecule has 0 nitrogen and oxygen atoms in total. The highest BCUT2D eigenvalue weighted by Crippen LogP contribution is 2.32. The van der Waals surface area contributed by atoms with Gasteiger partial charge >= 0.3 is 0 Å². The molecule has 0 aliphatic rings. The highest BCUT2D eigenvalue weighted by Gasteiger charge is 1.94. The maximum atomic E-state index is 2.58. The highest BCUT2D eigenvalue weighted by molar-refractivity contribution is 7.59. The molecule has 0 fully saturated rings. The van der Waals surface area contributed by atoms with Gasteiger partial charge in [0.2, 0.25) is 0 Å². The first-order valence-corrected chi connectivity index (χ1v) is 6.90. The van der Waals surface area contributed by atoms with Crippen molar-refractivity contribution in [1.82, 2.24) is 0 Å². The molecule has 0 radical (unpaired) electrons. The molecule has 0 aliphatic heterocycles.